The molecule has 164 valence electrons. The monoisotopic (exact) mass is 458 g/mol. The summed E-state index contributed by atoms with van der Waals surface area (Å²) in [7, 11) is 0. The van der Waals surface area contributed by atoms with Crippen LogP contribution in [0.3, 0.4) is 0 Å². The van der Waals surface area contributed by atoms with Crippen molar-refractivity contribution in [1.29, 1.82) is 10.5 Å². The molecule has 1 saturated carbocycles. The first kappa shape index (κ1) is 22.0. The molecule has 2 fully saturated rings. The third-order valence-electron chi connectivity index (χ3n) is 6.21. The molecule has 5 nitrogen and oxygen atoms in total. The Labute approximate surface area is 188 Å². The predicted octanol–water partition coefficient (Wildman–Crippen LogP) is 6.17. The van der Waals surface area contributed by atoms with E-state index in [1.807, 2.05) is 6.07 Å². The van der Waals surface area contributed by atoms with Gasteiger partial charge in [0.1, 0.15) is 6.07 Å². The van der Waals surface area contributed by atoms with Gasteiger partial charge in [-0.1, -0.05) is 24.4 Å². The molecule has 1 aliphatic heterocycles. The molecule has 2 aliphatic rings. The highest BCUT2D eigenvalue weighted by Gasteiger charge is 2.49. The Balaban J connectivity index is 1.83. The fourth-order valence-electron chi connectivity index (χ4n) is 4.71. The summed E-state index contributed by atoms with van der Waals surface area (Å²) < 4.78 is 40.6. The number of urea groups is 1. The number of nitrogens with zero attached hydrogens (tertiary/aromatic N) is 4. The largest absolute Gasteiger partial charge is 0.417 e. The second-order valence-corrected chi connectivity index (χ2v) is 8.34. The van der Waals surface area contributed by atoms with Gasteiger partial charge in [-0.3, -0.25) is 9.80 Å². The fourth-order valence-corrected chi connectivity index (χ4v) is 4.92. The Morgan fingerprint density at radius 1 is 1.00 bits per heavy atom. The highest BCUT2D eigenvalue weighted by Crippen LogP contribution is 2.43. The molecule has 1 heterocycles. The summed E-state index contributed by atoms with van der Waals surface area (Å²) in [6.45, 7) is 1.72. The van der Waals surface area contributed by atoms with Crippen molar-refractivity contribution in [3.63, 3.8) is 0 Å². The van der Waals surface area contributed by atoms with Gasteiger partial charge in [0, 0.05) is 5.69 Å². The molecule has 32 heavy (non-hydrogen) atoms. The molecular formula is C23H18ClF3N4O. The molecule has 1 aliphatic carbocycles. The van der Waals surface area contributed by atoms with Crippen LogP contribution in [-0.2, 0) is 6.18 Å². The molecule has 0 spiro atoms. The number of fused-ring (bicyclic) bond motifs is 1. The maximum Gasteiger partial charge on any atom is 0.417 e. The minimum Gasteiger partial charge on any atom is -0.289 e. The summed E-state index contributed by atoms with van der Waals surface area (Å²) in [6.07, 6.45) is -1.62. The van der Waals surface area contributed by atoms with Gasteiger partial charge in [0.15, 0.2) is 0 Å². The van der Waals surface area contributed by atoms with Gasteiger partial charge in [0.2, 0.25) is 0 Å². The third-order valence-corrected chi connectivity index (χ3v) is 6.70. The number of nitriles is 2. The molecule has 9 heteroatoms. The van der Waals surface area contributed by atoms with Gasteiger partial charge in [-0.25, -0.2) is 4.79 Å². The SMILES string of the molecule is Cc1c(N2C(=O)N(c3ccc(C#N)c(C(F)(F)F)c3)[C@@H]3CCCC[C@H]32)ccc(C#N)c1Cl. The maximum atomic E-state index is 13.6. The smallest absolute Gasteiger partial charge is 0.289 e. The minimum absolute atomic E-state index is 0.109. The van der Waals surface area contributed by atoms with Gasteiger partial charge in [-0.15, -0.1) is 0 Å². The van der Waals surface area contributed by atoms with E-state index in [1.54, 1.807) is 30.0 Å². The van der Waals surface area contributed by atoms with E-state index in [-0.39, 0.29) is 22.8 Å². The number of carbonyl (C=O) groups is 1. The number of carbonyl (C=O) groups excluding carboxylic acids is 1. The summed E-state index contributed by atoms with van der Waals surface area (Å²) in [4.78, 5) is 16.6. The molecule has 0 radical (unpaired) electrons. The van der Waals surface area contributed by atoms with Crippen LogP contribution in [0.5, 0.6) is 0 Å². The molecular weight excluding hydrogens is 441 g/mol. The molecule has 2 atom stereocenters. The molecule has 0 unspecified atom stereocenters. The Morgan fingerprint density at radius 2 is 1.59 bits per heavy atom. The summed E-state index contributed by atoms with van der Waals surface area (Å²) in [5.41, 5.74) is -0.0332. The number of hydrogen-bond acceptors (Lipinski definition) is 3. The first-order chi connectivity index (χ1) is 15.2. The lowest BCUT2D eigenvalue weighted by Crippen LogP contribution is -2.40. The number of rotatable bonds is 2. The Morgan fingerprint density at radius 3 is 2.19 bits per heavy atom. The van der Waals surface area contributed by atoms with E-state index in [9.17, 15) is 23.2 Å². The Kier molecular flexibility index (Phi) is 5.52. The van der Waals surface area contributed by atoms with Gasteiger partial charge in [-0.2, -0.15) is 23.7 Å². The number of alkyl halides is 3. The predicted molar refractivity (Wildman–Crippen MR) is 113 cm³/mol. The van der Waals surface area contributed by atoms with Crippen molar-refractivity contribution in [2.45, 2.75) is 50.9 Å². The van der Waals surface area contributed by atoms with E-state index in [0.717, 1.165) is 25.0 Å². The number of hydrogen-bond donors (Lipinski definition) is 0. The van der Waals surface area contributed by atoms with Gasteiger partial charge in [0.25, 0.3) is 0 Å². The van der Waals surface area contributed by atoms with Gasteiger partial charge in [-0.05, 0) is 55.7 Å². The summed E-state index contributed by atoms with van der Waals surface area (Å²) in [5, 5.41) is 18.6. The zero-order chi connectivity index (χ0) is 23.2. The Bertz CT molecular complexity index is 1180. The van der Waals surface area contributed by atoms with E-state index in [2.05, 4.69) is 0 Å². The average Bonchev–Trinajstić information content (AvgIpc) is 3.06. The zero-order valence-corrected chi connectivity index (χ0v) is 17.8. The normalized spacial score (nSPS) is 20.7. The van der Waals surface area contributed by atoms with Gasteiger partial charge >= 0.3 is 12.2 Å². The third kappa shape index (κ3) is 3.45. The van der Waals surface area contributed by atoms with E-state index < -0.39 is 23.3 Å². The van der Waals surface area contributed by atoms with Crippen molar-refractivity contribution in [3.8, 4) is 12.1 Å². The van der Waals surface area contributed by atoms with Crippen LogP contribution >= 0.6 is 11.6 Å². The second-order valence-electron chi connectivity index (χ2n) is 7.96. The van der Waals surface area contributed by atoms with Crippen LogP contribution in [0.1, 0.15) is 47.9 Å². The van der Waals surface area contributed by atoms with Gasteiger partial charge in [0.05, 0.1) is 45.6 Å². The fraction of sp³-hybridized carbons (Fsp3) is 0.348. The molecule has 0 N–H and O–H groups in total. The van der Waals surface area contributed by atoms with Crippen LogP contribution in [0.2, 0.25) is 5.02 Å². The lowest BCUT2D eigenvalue weighted by molar-refractivity contribution is -0.137. The van der Waals surface area contributed by atoms with Crippen molar-refractivity contribution in [1.82, 2.24) is 0 Å². The molecule has 1 saturated heterocycles. The molecule has 0 bridgehead atoms. The van der Waals surface area contributed by atoms with Crippen LogP contribution in [0.15, 0.2) is 30.3 Å². The lowest BCUT2D eigenvalue weighted by Gasteiger charge is -2.32. The van der Waals surface area contributed by atoms with Crippen LogP contribution in [0.25, 0.3) is 0 Å². The van der Waals surface area contributed by atoms with Crippen molar-refractivity contribution < 1.29 is 18.0 Å². The number of anilines is 2. The van der Waals surface area contributed by atoms with E-state index >= 15 is 0 Å². The second kappa shape index (κ2) is 8.03. The minimum atomic E-state index is -4.72. The number of benzene rings is 2. The lowest BCUT2D eigenvalue weighted by atomic mass is 9.89. The van der Waals surface area contributed by atoms with Crippen molar-refractivity contribution >= 4 is 29.0 Å². The highest BCUT2D eigenvalue weighted by atomic mass is 35.5. The molecule has 4 rings (SSSR count). The van der Waals surface area contributed by atoms with Crippen molar-refractivity contribution in [3.05, 3.63) is 57.6 Å². The van der Waals surface area contributed by atoms with Crippen LogP contribution < -0.4 is 9.80 Å². The van der Waals surface area contributed by atoms with Crippen molar-refractivity contribution in [2.24, 2.45) is 0 Å². The van der Waals surface area contributed by atoms with Gasteiger partial charge < -0.3 is 0 Å². The van der Waals surface area contributed by atoms with Crippen LogP contribution in [-0.4, -0.2) is 18.1 Å². The summed E-state index contributed by atoms with van der Waals surface area (Å²) in [5.74, 6) is 0. The van der Waals surface area contributed by atoms with Crippen LogP contribution in [0, 0.1) is 29.6 Å². The average molecular weight is 459 g/mol. The zero-order valence-electron chi connectivity index (χ0n) is 17.1. The molecule has 2 aromatic rings. The standard InChI is InChI=1S/C23H18ClF3N4O/c1-13-18(9-7-15(12-29)21(13)24)31-20-5-3-2-4-19(20)30(22(31)32)16-8-6-14(11-28)17(10-16)23(25,26)27/h6-10,19-20H,2-5H2,1H3/t19-,20-/m1/s1. The topological polar surface area (TPSA) is 71.1 Å². The summed E-state index contributed by atoms with van der Waals surface area (Å²) >= 11 is 6.33. The number of amides is 2. The maximum absolute atomic E-state index is 13.6. The first-order valence-electron chi connectivity index (χ1n) is 10.1. The van der Waals surface area contributed by atoms with Crippen LogP contribution in [0.4, 0.5) is 29.3 Å². The quantitative estimate of drug-likeness (QED) is 0.540. The highest BCUT2D eigenvalue weighted by molar-refractivity contribution is 6.33. The first-order valence-corrected chi connectivity index (χ1v) is 10.5. The van der Waals surface area contributed by atoms with E-state index in [4.69, 9.17) is 16.9 Å². The molecule has 2 aromatic carbocycles. The Hall–Kier alpha value is -3.23. The summed E-state index contributed by atoms with van der Waals surface area (Å²) in [6, 6.07) is 9.18. The molecule has 2 amide bonds. The molecule has 0 aromatic heterocycles. The van der Waals surface area contributed by atoms with Crippen molar-refractivity contribution in [2.75, 3.05) is 9.80 Å². The van der Waals surface area contributed by atoms with E-state index in [1.165, 1.54) is 11.0 Å². The number of halogens is 4. The van der Waals surface area contributed by atoms with E-state index in [0.29, 0.717) is 29.7 Å².